The van der Waals surface area contributed by atoms with Crippen LogP contribution in [0.3, 0.4) is 0 Å². The number of ether oxygens (including phenoxy) is 2. The number of guanidine groups is 1. The van der Waals surface area contributed by atoms with Crippen molar-refractivity contribution < 1.29 is 9.47 Å². The molecule has 0 aliphatic heterocycles. The fourth-order valence-electron chi connectivity index (χ4n) is 3.15. The van der Waals surface area contributed by atoms with Crippen molar-refractivity contribution in [1.82, 2.24) is 25.3 Å². The van der Waals surface area contributed by atoms with E-state index >= 15 is 0 Å². The highest BCUT2D eigenvalue weighted by Crippen LogP contribution is 2.28. The van der Waals surface area contributed by atoms with Crippen LogP contribution >= 0.6 is 24.0 Å². The first-order valence-electron chi connectivity index (χ1n) is 11.2. The predicted octanol–water partition coefficient (Wildman–Crippen LogP) is 3.38. The van der Waals surface area contributed by atoms with Gasteiger partial charge in [0.2, 0.25) is 0 Å². The van der Waals surface area contributed by atoms with E-state index in [1.165, 1.54) is 0 Å². The molecule has 0 amide bonds. The largest absolute Gasteiger partial charge is 0.493 e. The number of nitrogens with zero attached hydrogens (tertiary/aromatic N) is 4. The zero-order chi connectivity index (χ0) is 22.3. The molecule has 0 saturated heterocycles. The molecular formula is C23H39IN6O2. The summed E-state index contributed by atoms with van der Waals surface area (Å²) in [5.74, 6) is 2.32. The normalized spacial score (nSPS) is 11.2. The van der Waals surface area contributed by atoms with Crippen molar-refractivity contribution in [2.45, 2.75) is 40.3 Å². The number of halogens is 1. The Morgan fingerprint density at radius 1 is 1.16 bits per heavy atom. The topological polar surface area (TPSA) is 75.9 Å². The van der Waals surface area contributed by atoms with Gasteiger partial charge in [0.25, 0.3) is 0 Å². The fraction of sp³-hybridized carbons (Fsp3) is 0.565. The van der Waals surface area contributed by atoms with Crippen LogP contribution in [0.15, 0.2) is 41.7 Å². The Hall–Kier alpha value is -2.01. The summed E-state index contributed by atoms with van der Waals surface area (Å²) in [6.07, 6.45) is 4.75. The summed E-state index contributed by atoms with van der Waals surface area (Å²) >= 11 is 0. The number of methoxy groups -OCH3 is 1. The van der Waals surface area contributed by atoms with E-state index < -0.39 is 0 Å². The van der Waals surface area contributed by atoms with E-state index in [9.17, 15) is 0 Å². The molecule has 1 aromatic heterocycles. The van der Waals surface area contributed by atoms with Gasteiger partial charge < -0.3 is 25.0 Å². The first-order chi connectivity index (χ1) is 15.2. The summed E-state index contributed by atoms with van der Waals surface area (Å²) in [7, 11) is 1.67. The summed E-state index contributed by atoms with van der Waals surface area (Å²) in [4.78, 5) is 7.03. The van der Waals surface area contributed by atoms with Crippen molar-refractivity contribution in [2.75, 3.05) is 46.4 Å². The van der Waals surface area contributed by atoms with Gasteiger partial charge in [0.1, 0.15) is 6.61 Å². The molecule has 0 aliphatic rings. The summed E-state index contributed by atoms with van der Waals surface area (Å²) < 4.78 is 13.4. The molecule has 180 valence electrons. The van der Waals surface area contributed by atoms with Crippen molar-refractivity contribution in [3.8, 4) is 11.5 Å². The number of aliphatic imine (C=N–C) groups is 1. The molecule has 0 atom stereocenters. The third-order valence-corrected chi connectivity index (χ3v) is 4.97. The maximum atomic E-state index is 5.94. The maximum Gasteiger partial charge on any atom is 0.191 e. The lowest BCUT2D eigenvalue weighted by Gasteiger charge is -2.19. The van der Waals surface area contributed by atoms with Crippen molar-refractivity contribution in [3.05, 3.63) is 42.2 Å². The van der Waals surface area contributed by atoms with Crippen molar-refractivity contribution >= 4 is 29.9 Å². The summed E-state index contributed by atoms with van der Waals surface area (Å²) in [6, 6.07) is 7.95. The van der Waals surface area contributed by atoms with Crippen molar-refractivity contribution in [2.24, 2.45) is 4.99 Å². The van der Waals surface area contributed by atoms with Crippen LogP contribution in [-0.2, 0) is 13.1 Å². The van der Waals surface area contributed by atoms with Crippen LogP contribution in [0.25, 0.3) is 0 Å². The molecule has 9 heteroatoms. The van der Waals surface area contributed by atoms with Crippen LogP contribution in [0.1, 0.15) is 32.8 Å². The second-order valence-electron chi connectivity index (χ2n) is 7.11. The lowest BCUT2D eigenvalue weighted by molar-refractivity contribution is 0.217. The number of benzene rings is 1. The van der Waals surface area contributed by atoms with E-state index in [1.807, 2.05) is 35.1 Å². The molecular weight excluding hydrogens is 519 g/mol. The van der Waals surface area contributed by atoms with Gasteiger partial charge in [0.15, 0.2) is 17.5 Å². The highest BCUT2D eigenvalue weighted by Gasteiger charge is 2.07. The molecule has 2 N–H and O–H groups in total. The van der Waals surface area contributed by atoms with E-state index in [0.717, 1.165) is 68.7 Å². The number of rotatable bonds is 14. The zero-order valence-electron chi connectivity index (χ0n) is 19.8. The van der Waals surface area contributed by atoms with Gasteiger partial charge >= 0.3 is 0 Å². The average molecular weight is 559 g/mol. The Labute approximate surface area is 209 Å². The molecule has 0 spiro atoms. The Kier molecular flexibility index (Phi) is 14.5. The molecule has 0 aliphatic carbocycles. The summed E-state index contributed by atoms with van der Waals surface area (Å²) in [5, 5.41) is 10.9. The van der Waals surface area contributed by atoms with Gasteiger partial charge in [-0.3, -0.25) is 4.68 Å². The van der Waals surface area contributed by atoms with Crippen LogP contribution in [0.4, 0.5) is 0 Å². The smallest absolute Gasteiger partial charge is 0.191 e. The van der Waals surface area contributed by atoms with Gasteiger partial charge in [-0.2, -0.15) is 5.10 Å². The van der Waals surface area contributed by atoms with Crippen LogP contribution < -0.4 is 20.1 Å². The molecule has 2 aromatic rings. The number of nitrogens with one attached hydrogen (secondary N) is 2. The first kappa shape index (κ1) is 28.0. The van der Waals surface area contributed by atoms with Gasteiger partial charge in [-0.15, -0.1) is 24.0 Å². The number of aromatic nitrogens is 2. The monoisotopic (exact) mass is 558 g/mol. The quantitative estimate of drug-likeness (QED) is 0.160. The van der Waals surface area contributed by atoms with Crippen LogP contribution in [0.2, 0.25) is 0 Å². The van der Waals surface area contributed by atoms with Gasteiger partial charge in [0, 0.05) is 38.6 Å². The minimum absolute atomic E-state index is 0. The highest BCUT2D eigenvalue weighted by atomic mass is 127. The van der Waals surface area contributed by atoms with Gasteiger partial charge in [-0.25, -0.2) is 4.99 Å². The van der Waals surface area contributed by atoms with Gasteiger partial charge in [-0.1, -0.05) is 19.9 Å². The van der Waals surface area contributed by atoms with Crippen molar-refractivity contribution in [1.29, 1.82) is 0 Å². The molecule has 2 rings (SSSR count). The highest BCUT2D eigenvalue weighted by molar-refractivity contribution is 14.0. The number of hydrogen-bond acceptors (Lipinski definition) is 5. The maximum absolute atomic E-state index is 5.94. The molecule has 0 radical (unpaired) electrons. The summed E-state index contributed by atoms with van der Waals surface area (Å²) in [6.45, 7) is 13.1. The molecule has 1 aromatic carbocycles. The number of likely N-dealkylation sites (N-methyl/N-ethyl adjacent to an activating group) is 1. The van der Waals surface area contributed by atoms with E-state index in [2.05, 4.69) is 41.4 Å². The van der Waals surface area contributed by atoms with Crippen LogP contribution in [-0.4, -0.2) is 67.1 Å². The molecule has 8 nitrogen and oxygen atoms in total. The molecule has 0 unspecified atom stereocenters. The Morgan fingerprint density at radius 3 is 2.62 bits per heavy atom. The van der Waals surface area contributed by atoms with E-state index in [4.69, 9.17) is 14.5 Å². The SMILES string of the molecule is CCNC(=NCc1ccc(OCCN(CC)CC)c(OC)c1)NCCCn1cccn1.I. The molecule has 0 fully saturated rings. The molecule has 32 heavy (non-hydrogen) atoms. The molecule has 1 heterocycles. The zero-order valence-corrected chi connectivity index (χ0v) is 22.2. The van der Waals surface area contributed by atoms with E-state index in [0.29, 0.717) is 13.2 Å². The van der Waals surface area contributed by atoms with Gasteiger partial charge in [-0.05, 0) is 50.2 Å². The Bertz CT molecular complexity index is 766. The standard InChI is InChI=1S/C23H38N6O2.HI/c1-5-24-23(25-12-8-14-29-15-9-13-27-29)26-19-20-10-11-21(22(18-20)30-4)31-17-16-28(6-2)7-3;/h9-11,13,15,18H,5-8,12,14,16-17,19H2,1-4H3,(H2,24,25,26);1H. The second-order valence-corrected chi connectivity index (χ2v) is 7.11. The molecule has 0 saturated carbocycles. The Balaban J connectivity index is 0.00000512. The minimum Gasteiger partial charge on any atom is -0.493 e. The number of aryl methyl sites for hydroxylation is 1. The third kappa shape index (κ3) is 10.1. The van der Waals surface area contributed by atoms with Crippen molar-refractivity contribution in [3.63, 3.8) is 0 Å². The van der Waals surface area contributed by atoms with Gasteiger partial charge in [0.05, 0.1) is 13.7 Å². The average Bonchev–Trinajstić information content (AvgIpc) is 3.32. The first-order valence-corrected chi connectivity index (χ1v) is 11.2. The lowest BCUT2D eigenvalue weighted by Crippen LogP contribution is -2.38. The minimum atomic E-state index is 0. The third-order valence-electron chi connectivity index (χ3n) is 4.97. The van der Waals surface area contributed by atoms with E-state index in [-0.39, 0.29) is 24.0 Å². The predicted molar refractivity (Wildman–Crippen MR) is 141 cm³/mol. The lowest BCUT2D eigenvalue weighted by atomic mass is 10.2. The van der Waals surface area contributed by atoms with Crippen LogP contribution in [0, 0.1) is 0 Å². The second kappa shape index (κ2) is 16.6. The van der Waals surface area contributed by atoms with E-state index in [1.54, 1.807) is 13.3 Å². The molecule has 0 bridgehead atoms. The summed E-state index contributed by atoms with van der Waals surface area (Å²) in [5.41, 5.74) is 1.07. The van der Waals surface area contributed by atoms with Crippen LogP contribution in [0.5, 0.6) is 11.5 Å². The number of hydrogen-bond donors (Lipinski definition) is 2. The Morgan fingerprint density at radius 2 is 1.97 bits per heavy atom. The fourth-order valence-corrected chi connectivity index (χ4v) is 3.15.